The second kappa shape index (κ2) is 35.3. The zero-order valence-electron chi connectivity index (χ0n) is 136. The second-order valence-electron chi connectivity index (χ2n) is 34.2. The van der Waals surface area contributed by atoms with Gasteiger partial charge in [-0.2, -0.15) is 0 Å². The van der Waals surface area contributed by atoms with Crippen molar-refractivity contribution in [3.8, 4) is 89.0 Å². The molecule has 0 unspecified atom stereocenters. The molecular formula is C144H88O4. The Labute approximate surface area is 935 Å². The molecule has 4 aromatic heterocycles. The fourth-order valence-corrected chi connectivity index (χ4v) is 20.5. The van der Waals surface area contributed by atoms with E-state index in [1.165, 1.54) is 0 Å². The van der Waals surface area contributed by atoms with Crippen LogP contribution in [0, 0.1) is 0 Å². The van der Waals surface area contributed by atoms with Gasteiger partial charge in [-0.3, -0.25) is 0 Å². The lowest BCUT2D eigenvalue weighted by atomic mass is 9.83. The van der Waals surface area contributed by atoms with Crippen LogP contribution in [-0.4, -0.2) is 0 Å². The molecule has 148 heavy (non-hydrogen) atoms. The van der Waals surface area contributed by atoms with E-state index in [9.17, 15) is 21.9 Å². The van der Waals surface area contributed by atoms with E-state index < -0.39 is 385 Å². The van der Waals surface area contributed by atoms with Crippen LogP contribution in [0.5, 0.6) is 0 Å². The topological polar surface area (TPSA) is 52.6 Å². The summed E-state index contributed by atoms with van der Waals surface area (Å²) in [6, 6.07) is 12.0. The van der Waals surface area contributed by atoms with Gasteiger partial charge in [0.1, 0.15) is 44.7 Å². The molecule has 0 spiro atoms. The summed E-state index contributed by atoms with van der Waals surface area (Å²) in [5.41, 5.74) is -3.91. The van der Waals surface area contributed by atoms with Crippen LogP contribution in [0.3, 0.4) is 0 Å². The van der Waals surface area contributed by atoms with Gasteiger partial charge in [0, 0.05) is 43.1 Å². The maximum Gasteiger partial charge on any atom is 0.136 e. The maximum absolute atomic E-state index is 9.43. The van der Waals surface area contributed by atoms with Crippen LogP contribution < -0.4 is 0 Å². The Balaban J connectivity index is 0.000000119. The van der Waals surface area contributed by atoms with Gasteiger partial charge in [0.25, 0.3) is 0 Å². The molecule has 0 radical (unpaired) electrons. The summed E-state index contributed by atoms with van der Waals surface area (Å²) in [7, 11) is 0. The van der Waals surface area contributed by atoms with Gasteiger partial charge in [0.05, 0.1) is 82.2 Å². The Kier molecular flexibility index (Phi) is 10.6. The van der Waals surface area contributed by atoms with E-state index in [0.717, 1.165) is 32.3 Å². The van der Waals surface area contributed by atoms with Crippen LogP contribution in [0.4, 0.5) is 0 Å². The van der Waals surface area contributed by atoms with Gasteiger partial charge < -0.3 is 17.7 Å². The highest BCUT2D eigenvalue weighted by Gasteiger charge is 2.28. The minimum Gasteiger partial charge on any atom is -0.456 e. The normalized spacial score (nSPS) is 17.5. The van der Waals surface area contributed by atoms with E-state index in [1.807, 2.05) is 84.9 Å². The van der Waals surface area contributed by atoms with Crippen LogP contribution in [-0.2, 0) is 0 Å². The Hall–Kier alpha value is -19.5. The van der Waals surface area contributed by atoms with Gasteiger partial charge in [0.2, 0.25) is 0 Å². The van der Waals surface area contributed by atoms with Crippen molar-refractivity contribution in [2.45, 2.75) is 0 Å². The lowest BCUT2D eigenvalue weighted by Crippen LogP contribution is -1.92. The van der Waals surface area contributed by atoms with Crippen molar-refractivity contribution in [1.82, 2.24) is 0 Å². The van der Waals surface area contributed by atoms with Gasteiger partial charge in [0.15, 0.2) is 0 Å². The lowest BCUT2D eigenvalue weighted by molar-refractivity contribution is 0.668. The van der Waals surface area contributed by atoms with Crippen molar-refractivity contribution >= 4 is 217 Å². The van der Waals surface area contributed by atoms with Crippen molar-refractivity contribution in [3.63, 3.8) is 0 Å². The van der Waals surface area contributed by atoms with Crippen molar-refractivity contribution in [2.24, 2.45) is 0 Å². The minimum absolute atomic E-state index is 0.0726. The van der Waals surface area contributed by atoms with Crippen LogP contribution in [0.25, 0.3) is 306 Å². The van der Waals surface area contributed by atoms with Crippen molar-refractivity contribution < 1.29 is 99.9 Å². The monoisotopic (exact) mass is 1940 g/mol. The number of para-hydroxylation sites is 4. The van der Waals surface area contributed by atoms with E-state index in [4.69, 9.17) is 78.0 Å². The highest BCUT2D eigenvalue weighted by atomic mass is 16.3. The van der Waals surface area contributed by atoms with Crippen molar-refractivity contribution in [1.29, 1.82) is 0 Å². The summed E-state index contributed by atoms with van der Waals surface area (Å²) in [5, 5.41) is 0.752. The molecule has 4 heterocycles. The SMILES string of the molecule is [2H]c1c([2H])c([2H])c2c(oc3c([2H])c([2H])c([2H])c(-c4c5c([2H])c([2H])c([2H])c([2H])c5c(-c5cc6ccccc6c6ccccc56)c5c([2H])c([2H])c([2H])c([2H])c45)c32)c1[2H].[2H]c1c([2H])c([2H])c2c(oc3c([2H])c([2H])c([2H])c(-c4c5c([2H])c([2H])c([2H])c([2H])c5c(-c5ccc6ccccc6c5)c5c([2H])c([2H])c([2H])c([2H])c45)c32)c1[2H].[2H]c1c([2H])c([2H])c2c(oc3c([2H])c([2H])c([2H])c(-c4c5c([2H])c([2H])c([2H])c([2H])c5c(-c5cccc6ccccc56)c5c([2H])c([2H])c([2H])c([2H])c45)c32)c1[2H].[2H]c1c([2H])c([2H])c2c(oc3c([2H])c([2H])c([2H])c(-c4c5c([2H])c([2H])c([2H])c([2H])c5c(-c5ccccc5)c5c([2H])c([2H])c([2H])c([2H])c45)c32)c1[2H]. The second-order valence-corrected chi connectivity index (χ2v) is 34.2. The summed E-state index contributed by atoms with van der Waals surface area (Å²) in [6.07, 6.45) is 0. The third-order valence-corrected chi connectivity index (χ3v) is 26.5. The Bertz CT molecular complexity index is 14700. The summed E-state index contributed by atoms with van der Waals surface area (Å²) in [5.74, 6) is 0. The average molecular weight is 1940 g/mol. The van der Waals surface area contributed by atoms with Crippen molar-refractivity contribution in [2.75, 3.05) is 0 Å². The molecule has 0 amide bonds. The highest BCUT2D eigenvalue weighted by molar-refractivity contribution is 6.33. The predicted octanol–water partition coefficient (Wildman–Crippen LogP) is 41.5. The van der Waals surface area contributed by atoms with E-state index >= 15 is 0 Å². The summed E-state index contributed by atoms with van der Waals surface area (Å²) < 4.78 is 555. The van der Waals surface area contributed by atoms with Gasteiger partial charge in [-0.05, 0) is 279 Å². The van der Waals surface area contributed by atoms with Crippen LogP contribution in [0.2, 0.25) is 0 Å². The molecule has 32 aromatic rings. The molecular weight excluding hydrogens is 1790 g/mol. The Morgan fingerprint density at radius 2 is 0.372 bits per heavy atom. The third-order valence-electron chi connectivity index (χ3n) is 26.5. The number of hydrogen-bond donors (Lipinski definition) is 0. The number of rotatable bonds is 8. The summed E-state index contributed by atoms with van der Waals surface area (Å²) in [6.45, 7) is 0. The zero-order chi connectivity index (χ0) is 150. The Morgan fingerprint density at radius 1 is 0.122 bits per heavy atom. The smallest absolute Gasteiger partial charge is 0.136 e. The molecule has 0 atom stereocenters. The summed E-state index contributed by atoms with van der Waals surface area (Å²) >= 11 is 0. The largest absolute Gasteiger partial charge is 0.456 e. The first-order valence-electron chi connectivity index (χ1n) is 75.9. The molecule has 4 heteroatoms. The number of furan rings is 4. The Morgan fingerprint density at radius 3 is 0.730 bits per heavy atom. The molecule has 32 rings (SSSR count). The molecule has 0 bridgehead atoms. The molecule has 4 nitrogen and oxygen atoms in total. The minimum atomic E-state index is -0.714. The van der Waals surface area contributed by atoms with E-state index in [1.54, 1.807) is 84.9 Å². The van der Waals surface area contributed by atoms with Crippen LogP contribution in [0.1, 0.15) is 82.2 Å². The number of fused-ring (bicyclic) bond motifs is 25. The molecule has 0 saturated carbocycles. The molecule has 0 fully saturated rings. The predicted molar refractivity (Wildman–Crippen MR) is 628 cm³/mol. The van der Waals surface area contributed by atoms with Crippen molar-refractivity contribution in [3.05, 3.63) is 532 Å². The van der Waals surface area contributed by atoms with E-state index in [-0.39, 0.29) is 218 Å². The zero-order valence-corrected chi connectivity index (χ0v) is 75.8. The first-order chi connectivity index (χ1) is 98.4. The fourth-order valence-electron chi connectivity index (χ4n) is 20.5. The summed E-state index contributed by atoms with van der Waals surface area (Å²) in [4.78, 5) is 0. The molecule has 0 aliphatic heterocycles. The lowest BCUT2D eigenvalue weighted by Gasteiger charge is -2.20. The van der Waals surface area contributed by atoms with E-state index in [0.29, 0.717) is 33.0 Å². The molecule has 0 aliphatic rings. The quantitative estimate of drug-likeness (QED) is 0.112. The fraction of sp³-hybridized carbons (Fsp3) is 0. The maximum atomic E-state index is 9.43. The third kappa shape index (κ3) is 13.8. The molecule has 688 valence electrons. The molecule has 28 aromatic carbocycles. The standard InChI is InChI=1S/C40H24O.2C36H22O.C32H20O/c1-2-13-26-25(12-1)24-35(28-15-4-3-14-27(26)28)39-31-18-7-5-16-29(31)38(30-17-6-8-19-32(30)39)34-21-11-23-37-40(34)33-20-9-10-22-36(33)41-37;1-2-13-24-23(11-1)12-9-19-25(24)34-26-14-3-5-16-28(26)35(29-17-6-4-15-27(29)34)31-20-10-22-33-36(31)30-18-7-8-21-32(30)37-33;1-2-11-24-22-25(21-20-23(24)10-1)34-26-12-3-5-14-28(26)35(29-15-6-4-13-27(29)34)31-17-9-19-33-36(31)30-16-7-8-18-32(30)37-33;1-2-11-21(12-3-1)30-22-13-4-6-15-24(22)31(25-16-7-5-14-23(25)30)27-18-10-20-29-32(27)26-17-8-9-19-28(26)33-29/h1-24H;2*1-22H;1-20H/i5D,6D,7D,8D,9D,10D,11D,16D,17D,18D,19D,20D,21D,22D,23D;3D,4D,5D,6D,7D,8D,10D,14D,15D,16D,17D,18D,20D,21D,22D;3D,4D,5D,6D,7D,8D,9D,12D,13D,14D,15D,16D,17D,18D,19D;4D,5D,6D,7D,8D,9D,10D,13D,14D,15D,16D,17D,18D,19D,20D. The van der Waals surface area contributed by atoms with Crippen LogP contribution >= 0.6 is 0 Å². The number of benzene rings is 28. The van der Waals surface area contributed by atoms with Gasteiger partial charge >= 0.3 is 0 Å². The molecule has 0 saturated heterocycles. The van der Waals surface area contributed by atoms with E-state index in [2.05, 4.69) is 0 Å². The van der Waals surface area contributed by atoms with Gasteiger partial charge in [-0.25, -0.2) is 0 Å². The molecule has 0 aliphatic carbocycles. The first-order valence-corrected chi connectivity index (χ1v) is 45.9. The highest BCUT2D eigenvalue weighted by Crippen LogP contribution is 2.55. The first kappa shape index (κ1) is 44.6. The molecule has 0 N–H and O–H groups in total. The number of hydrogen-bond acceptors (Lipinski definition) is 4. The van der Waals surface area contributed by atoms with Crippen LogP contribution in [0.15, 0.2) is 550 Å². The average Bonchev–Trinajstić information content (AvgIpc) is 1.53. The van der Waals surface area contributed by atoms with Gasteiger partial charge in [-0.15, -0.1) is 0 Å². The van der Waals surface area contributed by atoms with Gasteiger partial charge in [-0.1, -0.05) is 472 Å².